The van der Waals surface area contributed by atoms with Crippen LogP contribution in [0.4, 0.5) is 5.82 Å². The molecular weight excluding hydrogens is 278 g/mol. The van der Waals surface area contributed by atoms with Crippen molar-refractivity contribution in [3.63, 3.8) is 0 Å². The molecule has 1 saturated heterocycles. The SMILES string of the molecule is CC(=O)OC[C@H]1[C@H](n2cnc3c(N)ncnc32)O[C@@H]1CO. The van der Waals surface area contributed by atoms with Gasteiger partial charge in [0.25, 0.3) is 0 Å². The number of hydrogen-bond donors (Lipinski definition) is 2. The third kappa shape index (κ3) is 2.30. The maximum absolute atomic E-state index is 11.0. The molecule has 9 heteroatoms. The molecule has 2 aromatic heterocycles. The number of carbonyl (C=O) groups is 1. The molecule has 0 saturated carbocycles. The first-order valence-electron chi connectivity index (χ1n) is 6.44. The average molecular weight is 293 g/mol. The lowest BCUT2D eigenvalue weighted by atomic mass is 9.95. The molecule has 0 amide bonds. The summed E-state index contributed by atoms with van der Waals surface area (Å²) in [5.74, 6) is -0.264. The van der Waals surface area contributed by atoms with Crippen molar-refractivity contribution in [1.29, 1.82) is 0 Å². The minimum absolute atomic E-state index is 0.147. The summed E-state index contributed by atoms with van der Waals surface area (Å²) in [7, 11) is 0. The van der Waals surface area contributed by atoms with Crippen LogP contribution in [-0.4, -0.2) is 49.9 Å². The highest BCUT2D eigenvalue weighted by Crippen LogP contribution is 2.38. The molecule has 0 aliphatic carbocycles. The quantitative estimate of drug-likeness (QED) is 0.721. The summed E-state index contributed by atoms with van der Waals surface area (Å²) in [5, 5.41) is 9.26. The number of rotatable bonds is 4. The number of nitrogens with zero attached hydrogens (tertiary/aromatic N) is 4. The molecule has 1 fully saturated rings. The smallest absolute Gasteiger partial charge is 0.302 e. The average Bonchev–Trinajstić information content (AvgIpc) is 2.83. The first-order valence-corrected chi connectivity index (χ1v) is 6.44. The van der Waals surface area contributed by atoms with Gasteiger partial charge in [0, 0.05) is 6.92 Å². The van der Waals surface area contributed by atoms with E-state index < -0.39 is 6.23 Å². The van der Waals surface area contributed by atoms with Gasteiger partial charge in [-0.15, -0.1) is 0 Å². The number of anilines is 1. The lowest BCUT2D eigenvalue weighted by molar-refractivity contribution is -0.246. The minimum Gasteiger partial charge on any atom is -0.465 e. The van der Waals surface area contributed by atoms with Crippen LogP contribution in [0.25, 0.3) is 11.2 Å². The van der Waals surface area contributed by atoms with Crippen molar-refractivity contribution in [2.75, 3.05) is 18.9 Å². The van der Waals surface area contributed by atoms with Gasteiger partial charge in [0.2, 0.25) is 0 Å². The van der Waals surface area contributed by atoms with Gasteiger partial charge in [0.15, 0.2) is 11.5 Å². The lowest BCUT2D eigenvalue weighted by Crippen LogP contribution is -2.50. The summed E-state index contributed by atoms with van der Waals surface area (Å²) in [5.41, 5.74) is 6.76. The molecule has 1 aliphatic rings. The summed E-state index contributed by atoms with van der Waals surface area (Å²) < 4.78 is 12.3. The number of imidazole rings is 1. The van der Waals surface area contributed by atoms with E-state index in [9.17, 15) is 9.90 Å². The maximum Gasteiger partial charge on any atom is 0.302 e. The van der Waals surface area contributed by atoms with Crippen LogP contribution in [-0.2, 0) is 14.3 Å². The number of fused-ring (bicyclic) bond motifs is 1. The Bertz CT molecular complexity index is 673. The Morgan fingerprint density at radius 3 is 3.05 bits per heavy atom. The summed E-state index contributed by atoms with van der Waals surface area (Å²) in [6.07, 6.45) is 2.10. The van der Waals surface area contributed by atoms with Gasteiger partial charge in [-0.3, -0.25) is 9.36 Å². The van der Waals surface area contributed by atoms with E-state index in [1.165, 1.54) is 13.3 Å². The van der Waals surface area contributed by atoms with Gasteiger partial charge in [-0.05, 0) is 0 Å². The van der Waals surface area contributed by atoms with Crippen LogP contribution in [0.5, 0.6) is 0 Å². The van der Waals surface area contributed by atoms with Gasteiger partial charge in [0.1, 0.15) is 24.7 Å². The molecule has 0 unspecified atom stereocenters. The normalized spacial score (nSPS) is 24.8. The van der Waals surface area contributed by atoms with E-state index >= 15 is 0 Å². The van der Waals surface area contributed by atoms with E-state index in [0.29, 0.717) is 11.2 Å². The summed E-state index contributed by atoms with van der Waals surface area (Å²) in [6, 6.07) is 0. The number of esters is 1. The van der Waals surface area contributed by atoms with Crippen LogP contribution in [0.15, 0.2) is 12.7 Å². The molecule has 0 bridgehead atoms. The summed E-state index contributed by atoms with van der Waals surface area (Å²) >= 11 is 0. The third-order valence-electron chi connectivity index (χ3n) is 3.48. The predicted molar refractivity (Wildman–Crippen MR) is 70.9 cm³/mol. The van der Waals surface area contributed by atoms with Crippen LogP contribution >= 0.6 is 0 Å². The molecule has 0 aromatic carbocycles. The molecule has 3 rings (SSSR count). The third-order valence-corrected chi connectivity index (χ3v) is 3.48. The predicted octanol–water partition coefficient (Wildman–Crippen LogP) is -0.523. The van der Waals surface area contributed by atoms with Gasteiger partial charge in [-0.2, -0.15) is 0 Å². The number of ether oxygens (including phenoxy) is 2. The Kier molecular flexibility index (Phi) is 3.43. The zero-order valence-electron chi connectivity index (χ0n) is 11.3. The first kappa shape index (κ1) is 13.7. The highest BCUT2D eigenvalue weighted by Gasteiger charge is 2.44. The second kappa shape index (κ2) is 5.26. The lowest BCUT2D eigenvalue weighted by Gasteiger charge is -2.43. The van der Waals surface area contributed by atoms with Gasteiger partial charge in [-0.25, -0.2) is 15.0 Å². The van der Waals surface area contributed by atoms with Gasteiger partial charge < -0.3 is 20.3 Å². The monoisotopic (exact) mass is 293 g/mol. The maximum atomic E-state index is 11.0. The number of aliphatic hydroxyl groups is 1. The summed E-state index contributed by atoms with van der Waals surface area (Å²) in [4.78, 5) is 23.1. The number of hydrogen-bond acceptors (Lipinski definition) is 8. The number of nitrogen functional groups attached to an aromatic ring is 1. The van der Waals surface area contributed by atoms with E-state index in [1.807, 2.05) is 0 Å². The molecule has 3 N–H and O–H groups in total. The van der Waals surface area contributed by atoms with Crippen molar-refractivity contribution in [3.05, 3.63) is 12.7 Å². The van der Waals surface area contributed by atoms with E-state index in [4.69, 9.17) is 15.2 Å². The topological polar surface area (TPSA) is 125 Å². The van der Waals surface area contributed by atoms with Gasteiger partial charge >= 0.3 is 5.97 Å². The van der Waals surface area contributed by atoms with Crippen LogP contribution < -0.4 is 5.73 Å². The molecule has 3 atom stereocenters. The molecule has 112 valence electrons. The van der Waals surface area contributed by atoms with E-state index in [-0.39, 0.29) is 37.0 Å². The van der Waals surface area contributed by atoms with Gasteiger partial charge in [0.05, 0.1) is 25.0 Å². The fourth-order valence-electron chi connectivity index (χ4n) is 2.38. The zero-order chi connectivity index (χ0) is 15.0. The Hall–Kier alpha value is -2.26. The molecule has 2 aromatic rings. The highest BCUT2D eigenvalue weighted by atomic mass is 16.6. The molecule has 3 heterocycles. The highest BCUT2D eigenvalue weighted by molar-refractivity contribution is 5.81. The largest absolute Gasteiger partial charge is 0.465 e. The number of aromatic nitrogens is 4. The first-order chi connectivity index (χ1) is 10.1. The molecule has 9 nitrogen and oxygen atoms in total. The van der Waals surface area contributed by atoms with Crippen molar-refractivity contribution in [2.24, 2.45) is 5.92 Å². The van der Waals surface area contributed by atoms with Crippen molar-refractivity contribution in [1.82, 2.24) is 19.5 Å². The van der Waals surface area contributed by atoms with Crippen molar-refractivity contribution in [3.8, 4) is 0 Å². The second-order valence-electron chi connectivity index (χ2n) is 4.80. The summed E-state index contributed by atoms with van der Waals surface area (Å²) in [6.45, 7) is 1.35. The van der Waals surface area contributed by atoms with E-state index in [1.54, 1.807) is 10.9 Å². The number of carbonyl (C=O) groups excluding carboxylic acids is 1. The van der Waals surface area contributed by atoms with Crippen molar-refractivity contribution < 1.29 is 19.4 Å². The van der Waals surface area contributed by atoms with Crippen molar-refractivity contribution in [2.45, 2.75) is 19.3 Å². The Morgan fingerprint density at radius 2 is 2.33 bits per heavy atom. The number of aliphatic hydroxyl groups excluding tert-OH is 1. The fourth-order valence-corrected chi connectivity index (χ4v) is 2.38. The molecule has 0 radical (unpaired) electrons. The Balaban J connectivity index is 1.87. The molecular formula is C12H15N5O4. The van der Waals surface area contributed by atoms with Crippen LogP contribution in [0, 0.1) is 5.92 Å². The van der Waals surface area contributed by atoms with Gasteiger partial charge in [-0.1, -0.05) is 0 Å². The molecule has 1 aliphatic heterocycles. The van der Waals surface area contributed by atoms with E-state index in [2.05, 4.69) is 15.0 Å². The second-order valence-corrected chi connectivity index (χ2v) is 4.80. The molecule has 21 heavy (non-hydrogen) atoms. The Labute approximate surface area is 119 Å². The number of nitrogens with two attached hydrogens (primary N) is 1. The molecule has 0 spiro atoms. The Morgan fingerprint density at radius 1 is 1.52 bits per heavy atom. The zero-order valence-corrected chi connectivity index (χ0v) is 11.3. The van der Waals surface area contributed by atoms with Crippen LogP contribution in [0.2, 0.25) is 0 Å². The standard InChI is InChI=1S/C12H15N5O4/c1-6(19)20-3-7-8(2-18)21-12(7)17-5-16-9-10(13)14-4-15-11(9)17/h4-5,7-8,12,18H,2-3H2,1H3,(H2,13,14,15)/t7-,8-,12-/m1/s1. The van der Waals surface area contributed by atoms with E-state index in [0.717, 1.165) is 0 Å². The fraction of sp³-hybridized carbons (Fsp3) is 0.500. The van der Waals surface area contributed by atoms with Crippen LogP contribution in [0.1, 0.15) is 13.2 Å². The van der Waals surface area contributed by atoms with Crippen LogP contribution in [0.3, 0.4) is 0 Å². The van der Waals surface area contributed by atoms with Crippen molar-refractivity contribution >= 4 is 23.0 Å². The minimum atomic E-state index is -0.416.